The van der Waals surface area contributed by atoms with E-state index in [1.807, 2.05) is 32.0 Å². The lowest BCUT2D eigenvalue weighted by atomic mass is 9.97. The number of fused-ring (bicyclic) bond motifs is 1. The van der Waals surface area contributed by atoms with Crippen molar-refractivity contribution in [3.05, 3.63) is 71.7 Å². The molecule has 7 heteroatoms. The number of carbonyl (C=O) groups excluding carboxylic acids is 3. The Balaban J connectivity index is 1.56. The number of nitrogens with zero attached hydrogens (tertiary/aromatic N) is 2. The summed E-state index contributed by atoms with van der Waals surface area (Å²) in [5.74, 6) is -2.03. The number of hydrogen-bond acceptors (Lipinski definition) is 3. The molecule has 1 aliphatic heterocycles. The molecule has 1 aliphatic rings. The quantitative estimate of drug-likeness (QED) is 0.518. The van der Waals surface area contributed by atoms with E-state index in [4.69, 9.17) is 0 Å². The molecule has 1 N–H and O–H groups in total. The lowest BCUT2D eigenvalue weighted by Crippen LogP contribution is -2.59. The summed E-state index contributed by atoms with van der Waals surface area (Å²) in [6, 6.07) is 13.2. The van der Waals surface area contributed by atoms with E-state index in [2.05, 4.69) is 4.98 Å². The van der Waals surface area contributed by atoms with Gasteiger partial charge in [0.2, 0.25) is 0 Å². The van der Waals surface area contributed by atoms with Crippen LogP contribution in [0.3, 0.4) is 0 Å². The van der Waals surface area contributed by atoms with Crippen LogP contribution in [0, 0.1) is 11.7 Å². The number of halogens is 1. The van der Waals surface area contributed by atoms with Gasteiger partial charge in [0.05, 0.1) is 11.6 Å². The van der Waals surface area contributed by atoms with Gasteiger partial charge in [-0.05, 0) is 30.2 Å². The minimum Gasteiger partial charge on any atom is -0.360 e. The summed E-state index contributed by atoms with van der Waals surface area (Å²) in [6.07, 6.45) is 1.38. The number of aromatic nitrogens is 1. The molecule has 4 rings (SSSR count). The van der Waals surface area contributed by atoms with E-state index in [9.17, 15) is 18.8 Å². The minimum atomic E-state index is -0.746. The van der Waals surface area contributed by atoms with Crippen molar-refractivity contribution in [3.63, 3.8) is 0 Å². The van der Waals surface area contributed by atoms with Gasteiger partial charge in [0.15, 0.2) is 0 Å². The fourth-order valence-electron chi connectivity index (χ4n) is 4.15. The largest absolute Gasteiger partial charge is 0.360 e. The summed E-state index contributed by atoms with van der Waals surface area (Å²) in [5.41, 5.74) is 1.09. The minimum absolute atomic E-state index is 0.0304. The first-order chi connectivity index (χ1) is 14.9. The number of aromatic amines is 1. The SMILES string of the molecule is CC(C)[C@@H]1CN(C(=O)c2ccccc2)CCN1C(=O)C(=O)c1c[nH]c2cccc(F)c12. The molecule has 160 valence electrons. The van der Waals surface area contributed by atoms with E-state index in [1.165, 1.54) is 17.2 Å². The number of carbonyl (C=O) groups is 3. The van der Waals surface area contributed by atoms with Crippen LogP contribution in [0.5, 0.6) is 0 Å². The Hall–Kier alpha value is -3.48. The van der Waals surface area contributed by atoms with Crippen molar-refractivity contribution < 1.29 is 18.8 Å². The van der Waals surface area contributed by atoms with Crippen LogP contribution in [-0.2, 0) is 4.79 Å². The van der Waals surface area contributed by atoms with Crippen molar-refractivity contribution in [3.8, 4) is 0 Å². The summed E-state index contributed by atoms with van der Waals surface area (Å²) < 4.78 is 14.3. The predicted molar refractivity (Wildman–Crippen MR) is 115 cm³/mol. The third-order valence-electron chi connectivity index (χ3n) is 5.85. The van der Waals surface area contributed by atoms with E-state index < -0.39 is 17.5 Å². The highest BCUT2D eigenvalue weighted by molar-refractivity contribution is 6.45. The molecule has 6 nitrogen and oxygen atoms in total. The normalized spacial score (nSPS) is 16.7. The molecule has 3 aromatic rings. The Bertz CT molecular complexity index is 1140. The third-order valence-corrected chi connectivity index (χ3v) is 5.85. The Kier molecular flexibility index (Phi) is 5.59. The first-order valence-electron chi connectivity index (χ1n) is 10.3. The number of ketones is 1. The number of rotatable bonds is 4. The Morgan fingerprint density at radius 2 is 1.77 bits per heavy atom. The molecule has 2 amide bonds. The van der Waals surface area contributed by atoms with Crippen LogP contribution in [0.15, 0.2) is 54.7 Å². The third kappa shape index (κ3) is 3.83. The van der Waals surface area contributed by atoms with Gasteiger partial charge >= 0.3 is 0 Å². The molecule has 0 saturated carbocycles. The smallest absolute Gasteiger partial charge is 0.295 e. The van der Waals surface area contributed by atoms with Gasteiger partial charge in [-0.3, -0.25) is 14.4 Å². The van der Waals surface area contributed by atoms with Gasteiger partial charge in [-0.25, -0.2) is 4.39 Å². The average molecular weight is 421 g/mol. The van der Waals surface area contributed by atoms with Gasteiger partial charge in [0, 0.05) is 42.3 Å². The van der Waals surface area contributed by atoms with E-state index in [-0.39, 0.29) is 35.4 Å². The number of benzene rings is 2. The van der Waals surface area contributed by atoms with E-state index in [0.717, 1.165) is 0 Å². The summed E-state index contributed by atoms with van der Waals surface area (Å²) in [4.78, 5) is 45.1. The van der Waals surface area contributed by atoms with Gasteiger partial charge in [-0.15, -0.1) is 0 Å². The zero-order valence-electron chi connectivity index (χ0n) is 17.5. The van der Waals surface area contributed by atoms with E-state index in [0.29, 0.717) is 24.2 Å². The molecule has 1 atom stereocenters. The van der Waals surface area contributed by atoms with Crippen LogP contribution in [-0.4, -0.2) is 58.1 Å². The van der Waals surface area contributed by atoms with Crippen molar-refractivity contribution in [1.82, 2.24) is 14.8 Å². The van der Waals surface area contributed by atoms with Crippen LogP contribution in [0.1, 0.15) is 34.6 Å². The predicted octanol–water partition coefficient (Wildman–Crippen LogP) is 3.50. The monoisotopic (exact) mass is 421 g/mol. The Labute approximate surface area is 179 Å². The number of piperazine rings is 1. The second kappa shape index (κ2) is 8.34. The summed E-state index contributed by atoms with van der Waals surface area (Å²) in [5, 5.41) is 0.125. The highest BCUT2D eigenvalue weighted by Crippen LogP contribution is 2.25. The average Bonchev–Trinajstić information content (AvgIpc) is 3.23. The fourth-order valence-corrected chi connectivity index (χ4v) is 4.15. The topological polar surface area (TPSA) is 73.5 Å². The summed E-state index contributed by atoms with van der Waals surface area (Å²) in [7, 11) is 0. The molecule has 1 fully saturated rings. The number of nitrogens with one attached hydrogen (secondary N) is 1. The van der Waals surface area contributed by atoms with Gasteiger partial charge in [-0.1, -0.05) is 38.1 Å². The summed E-state index contributed by atoms with van der Waals surface area (Å²) in [6.45, 7) is 4.83. The van der Waals surface area contributed by atoms with Crippen LogP contribution in [0.25, 0.3) is 10.9 Å². The highest BCUT2D eigenvalue weighted by Gasteiger charge is 2.37. The second-order valence-electron chi connectivity index (χ2n) is 8.12. The maximum absolute atomic E-state index is 14.3. The van der Waals surface area contributed by atoms with Crippen molar-refractivity contribution in [2.45, 2.75) is 19.9 Å². The zero-order chi connectivity index (χ0) is 22.1. The van der Waals surface area contributed by atoms with Crippen molar-refractivity contribution >= 4 is 28.5 Å². The molecule has 0 spiro atoms. The Morgan fingerprint density at radius 3 is 2.48 bits per heavy atom. The standard InChI is InChI=1S/C24H24FN3O3/c1-15(2)20-14-27(23(30)16-7-4-3-5-8-16)11-12-28(20)24(31)22(29)17-13-26-19-10-6-9-18(25)21(17)19/h3-10,13,15,20,26H,11-12,14H2,1-2H3/t20-/m0/s1. The maximum atomic E-state index is 14.3. The number of amides is 2. The first-order valence-corrected chi connectivity index (χ1v) is 10.3. The van der Waals surface area contributed by atoms with Crippen molar-refractivity contribution in [2.24, 2.45) is 5.92 Å². The van der Waals surface area contributed by atoms with Gasteiger partial charge in [-0.2, -0.15) is 0 Å². The summed E-state index contributed by atoms with van der Waals surface area (Å²) >= 11 is 0. The fraction of sp³-hybridized carbons (Fsp3) is 0.292. The van der Waals surface area contributed by atoms with Crippen LogP contribution >= 0.6 is 0 Å². The first kappa shape index (κ1) is 20.8. The molecule has 2 heterocycles. The number of hydrogen-bond donors (Lipinski definition) is 1. The van der Waals surface area contributed by atoms with Crippen molar-refractivity contribution in [2.75, 3.05) is 19.6 Å². The molecular formula is C24H24FN3O3. The van der Waals surface area contributed by atoms with Crippen molar-refractivity contribution in [1.29, 1.82) is 0 Å². The van der Waals surface area contributed by atoms with Gasteiger partial charge in [0.25, 0.3) is 17.6 Å². The zero-order valence-corrected chi connectivity index (χ0v) is 17.5. The molecule has 31 heavy (non-hydrogen) atoms. The van der Waals surface area contributed by atoms with Gasteiger partial charge < -0.3 is 14.8 Å². The maximum Gasteiger partial charge on any atom is 0.295 e. The second-order valence-corrected chi connectivity index (χ2v) is 8.12. The molecule has 0 unspecified atom stereocenters. The van der Waals surface area contributed by atoms with Crippen LogP contribution < -0.4 is 0 Å². The Morgan fingerprint density at radius 1 is 1.03 bits per heavy atom. The lowest BCUT2D eigenvalue weighted by Gasteiger charge is -2.43. The lowest BCUT2D eigenvalue weighted by molar-refractivity contribution is -0.132. The van der Waals surface area contributed by atoms with Gasteiger partial charge in [0.1, 0.15) is 5.82 Å². The molecular weight excluding hydrogens is 397 g/mol. The molecule has 0 radical (unpaired) electrons. The molecule has 0 bridgehead atoms. The van der Waals surface area contributed by atoms with Crippen LogP contribution in [0.4, 0.5) is 4.39 Å². The molecule has 2 aromatic carbocycles. The van der Waals surface area contributed by atoms with E-state index >= 15 is 0 Å². The number of H-pyrrole nitrogens is 1. The molecule has 1 aromatic heterocycles. The highest BCUT2D eigenvalue weighted by atomic mass is 19.1. The van der Waals surface area contributed by atoms with Crippen LogP contribution in [0.2, 0.25) is 0 Å². The molecule has 0 aliphatic carbocycles. The van der Waals surface area contributed by atoms with E-state index in [1.54, 1.807) is 29.2 Å². The molecule has 1 saturated heterocycles. The number of Topliss-reactive ketones (excluding diaryl/α,β-unsaturated/α-hetero) is 1.